The lowest BCUT2D eigenvalue weighted by Gasteiger charge is -1.91. The molecule has 3 heteroatoms. The molecule has 0 aliphatic carbocycles. The molecule has 66 valence electrons. The molecule has 0 aliphatic rings. The molecule has 1 aromatic rings. The fourth-order valence-corrected chi connectivity index (χ4v) is 1.12. The van der Waals surface area contributed by atoms with Gasteiger partial charge in [-0.2, -0.15) is 0 Å². The molecule has 0 atom stereocenters. The Kier molecular flexibility index (Phi) is 3.51. The minimum absolute atomic E-state index is 0.657. The second-order valence-corrected chi connectivity index (χ2v) is 2.79. The van der Waals surface area contributed by atoms with Gasteiger partial charge >= 0.3 is 0 Å². The highest BCUT2D eigenvalue weighted by Gasteiger charge is 1.99. The smallest absolute Gasteiger partial charge is 0.243 e. The van der Waals surface area contributed by atoms with Crippen molar-refractivity contribution in [3.8, 4) is 0 Å². The second kappa shape index (κ2) is 4.70. The molecular formula is C9H15N2O+. The Bertz CT molecular complexity index is 242. The van der Waals surface area contributed by atoms with Gasteiger partial charge in [-0.05, 0) is 13.3 Å². The van der Waals surface area contributed by atoms with Crippen LogP contribution in [0, 0.1) is 0 Å². The van der Waals surface area contributed by atoms with Gasteiger partial charge in [0.05, 0.1) is 13.1 Å². The molecule has 1 rings (SSSR count). The highest BCUT2D eigenvalue weighted by Crippen LogP contribution is 1.87. The van der Waals surface area contributed by atoms with Crippen LogP contribution in [0.15, 0.2) is 18.7 Å². The van der Waals surface area contributed by atoms with Gasteiger partial charge in [0.25, 0.3) is 0 Å². The van der Waals surface area contributed by atoms with Crippen LogP contribution in [0.25, 0.3) is 0 Å². The maximum absolute atomic E-state index is 10.0. The Labute approximate surface area is 72.6 Å². The van der Waals surface area contributed by atoms with Crippen LogP contribution in [0.3, 0.4) is 0 Å². The van der Waals surface area contributed by atoms with Crippen LogP contribution in [-0.4, -0.2) is 10.9 Å². The van der Waals surface area contributed by atoms with Gasteiger partial charge in [-0.1, -0.05) is 0 Å². The van der Waals surface area contributed by atoms with Crippen molar-refractivity contribution in [1.82, 2.24) is 4.57 Å². The van der Waals surface area contributed by atoms with Gasteiger partial charge in [0.1, 0.15) is 18.7 Å². The lowest BCUT2D eigenvalue weighted by atomic mass is 10.3. The van der Waals surface area contributed by atoms with E-state index in [0.29, 0.717) is 6.42 Å². The van der Waals surface area contributed by atoms with E-state index in [0.717, 1.165) is 25.8 Å². The molecule has 0 unspecified atom stereocenters. The van der Waals surface area contributed by atoms with Crippen molar-refractivity contribution in [2.75, 3.05) is 0 Å². The SMILES string of the molecule is CCn1cc[n+](CCCC=O)c1. The maximum atomic E-state index is 10.0. The summed E-state index contributed by atoms with van der Waals surface area (Å²) in [4.78, 5) is 10.0. The summed E-state index contributed by atoms with van der Waals surface area (Å²) in [5, 5.41) is 0. The van der Waals surface area contributed by atoms with Gasteiger partial charge < -0.3 is 4.79 Å². The third kappa shape index (κ3) is 2.49. The monoisotopic (exact) mass is 167 g/mol. The molecule has 3 nitrogen and oxygen atoms in total. The molecule has 0 N–H and O–H groups in total. The number of rotatable bonds is 5. The number of carbonyl (C=O) groups is 1. The normalized spacial score (nSPS) is 10.1. The zero-order valence-electron chi connectivity index (χ0n) is 7.44. The molecule has 12 heavy (non-hydrogen) atoms. The van der Waals surface area contributed by atoms with Crippen molar-refractivity contribution in [3.05, 3.63) is 18.7 Å². The average molecular weight is 167 g/mol. The number of imidazole rings is 1. The lowest BCUT2D eigenvalue weighted by molar-refractivity contribution is -0.696. The first-order chi connectivity index (χ1) is 5.86. The largest absolute Gasteiger partial charge is 0.303 e. The summed E-state index contributed by atoms with van der Waals surface area (Å²) in [5.74, 6) is 0. The van der Waals surface area contributed by atoms with Gasteiger partial charge in [-0.25, -0.2) is 9.13 Å². The van der Waals surface area contributed by atoms with Gasteiger partial charge in [-0.3, -0.25) is 0 Å². The van der Waals surface area contributed by atoms with Gasteiger partial charge in [-0.15, -0.1) is 0 Å². The molecule has 0 fully saturated rings. The highest BCUT2D eigenvalue weighted by molar-refractivity contribution is 5.48. The Morgan fingerprint density at radius 1 is 1.58 bits per heavy atom. The molecule has 0 bridgehead atoms. The quantitative estimate of drug-likeness (QED) is 0.361. The van der Waals surface area contributed by atoms with E-state index < -0.39 is 0 Å². The molecule has 1 aromatic heterocycles. The van der Waals surface area contributed by atoms with Crippen LogP contribution < -0.4 is 4.57 Å². The fourth-order valence-electron chi connectivity index (χ4n) is 1.12. The van der Waals surface area contributed by atoms with E-state index in [-0.39, 0.29) is 0 Å². The summed E-state index contributed by atoms with van der Waals surface area (Å²) in [6, 6.07) is 0. The van der Waals surface area contributed by atoms with Crippen molar-refractivity contribution in [2.24, 2.45) is 0 Å². The Morgan fingerprint density at radius 3 is 3.00 bits per heavy atom. The summed E-state index contributed by atoms with van der Waals surface area (Å²) in [7, 11) is 0. The lowest BCUT2D eigenvalue weighted by Crippen LogP contribution is -2.30. The predicted octanol–water partition coefficient (Wildman–Crippen LogP) is 0.775. The number of hydrogen-bond donors (Lipinski definition) is 0. The third-order valence-corrected chi connectivity index (χ3v) is 1.85. The number of carbonyl (C=O) groups excluding carboxylic acids is 1. The number of aryl methyl sites for hydroxylation is 2. The molecule has 0 saturated carbocycles. The summed E-state index contributed by atoms with van der Waals surface area (Å²) in [5.41, 5.74) is 0. The first-order valence-corrected chi connectivity index (χ1v) is 4.35. The second-order valence-electron chi connectivity index (χ2n) is 2.79. The number of nitrogens with zero attached hydrogens (tertiary/aromatic N) is 2. The standard InChI is InChI=1S/C9H15N2O/c1-2-10-6-7-11(9-10)5-3-4-8-12/h6-9H,2-5H2,1H3/q+1. The first-order valence-electron chi connectivity index (χ1n) is 4.35. The summed E-state index contributed by atoms with van der Waals surface area (Å²) in [6.45, 7) is 4.04. The third-order valence-electron chi connectivity index (χ3n) is 1.85. The van der Waals surface area contributed by atoms with E-state index in [1.165, 1.54) is 0 Å². The zero-order chi connectivity index (χ0) is 8.81. The van der Waals surface area contributed by atoms with E-state index in [9.17, 15) is 4.79 Å². The van der Waals surface area contributed by atoms with E-state index >= 15 is 0 Å². The average Bonchev–Trinajstić information content (AvgIpc) is 2.53. The number of unbranched alkanes of at least 4 members (excludes halogenated alkanes) is 1. The molecule has 0 spiro atoms. The minimum Gasteiger partial charge on any atom is -0.303 e. The number of aromatic nitrogens is 2. The van der Waals surface area contributed by atoms with Crippen LogP contribution in [-0.2, 0) is 17.9 Å². The molecule has 0 radical (unpaired) electrons. The van der Waals surface area contributed by atoms with Crippen LogP contribution in [0.1, 0.15) is 19.8 Å². The maximum Gasteiger partial charge on any atom is 0.243 e. The van der Waals surface area contributed by atoms with E-state index in [1.807, 2.05) is 12.4 Å². The van der Waals surface area contributed by atoms with Crippen LogP contribution in [0.4, 0.5) is 0 Å². The van der Waals surface area contributed by atoms with E-state index in [4.69, 9.17) is 0 Å². The summed E-state index contributed by atoms with van der Waals surface area (Å²) < 4.78 is 4.22. The van der Waals surface area contributed by atoms with Gasteiger partial charge in [0.2, 0.25) is 6.33 Å². The zero-order valence-corrected chi connectivity index (χ0v) is 7.44. The number of aldehydes is 1. The van der Waals surface area contributed by atoms with Gasteiger partial charge in [0.15, 0.2) is 0 Å². The summed E-state index contributed by atoms with van der Waals surface area (Å²) in [6.07, 6.45) is 8.70. The molecule has 1 heterocycles. The Morgan fingerprint density at radius 2 is 2.42 bits per heavy atom. The van der Waals surface area contributed by atoms with Crippen molar-refractivity contribution in [2.45, 2.75) is 32.9 Å². The van der Waals surface area contributed by atoms with Crippen molar-refractivity contribution in [1.29, 1.82) is 0 Å². The van der Waals surface area contributed by atoms with E-state index in [1.54, 1.807) is 0 Å². The molecular weight excluding hydrogens is 152 g/mol. The number of hydrogen-bond acceptors (Lipinski definition) is 1. The fraction of sp³-hybridized carbons (Fsp3) is 0.556. The van der Waals surface area contributed by atoms with Crippen LogP contribution in [0.2, 0.25) is 0 Å². The molecule has 0 saturated heterocycles. The highest BCUT2D eigenvalue weighted by atomic mass is 16.1. The van der Waals surface area contributed by atoms with Gasteiger partial charge in [0, 0.05) is 6.42 Å². The van der Waals surface area contributed by atoms with Crippen LogP contribution in [0.5, 0.6) is 0 Å². The minimum atomic E-state index is 0.657. The Balaban J connectivity index is 2.36. The van der Waals surface area contributed by atoms with Crippen molar-refractivity contribution < 1.29 is 9.36 Å². The Hall–Kier alpha value is -1.12. The van der Waals surface area contributed by atoms with Crippen molar-refractivity contribution >= 4 is 6.29 Å². The first kappa shape index (κ1) is 8.97. The molecule has 0 amide bonds. The molecule has 0 aromatic carbocycles. The molecule has 0 aliphatic heterocycles. The summed E-state index contributed by atoms with van der Waals surface area (Å²) >= 11 is 0. The topological polar surface area (TPSA) is 25.9 Å². The predicted molar refractivity (Wildman–Crippen MR) is 45.6 cm³/mol. The van der Waals surface area contributed by atoms with Crippen molar-refractivity contribution in [3.63, 3.8) is 0 Å². The van der Waals surface area contributed by atoms with Crippen LogP contribution >= 0.6 is 0 Å². The van der Waals surface area contributed by atoms with E-state index in [2.05, 4.69) is 22.4 Å².